The number of nitrogens with one attached hydrogen (secondary N) is 2. The zero-order valence-electron chi connectivity index (χ0n) is 7.66. The van der Waals surface area contributed by atoms with Crippen molar-refractivity contribution in [2.24, 2.45) is 5.84 Å². The number of aromatic nitrogens is 1. The van der Waals surface area contributed by atoms with E-state index < -0.39 is 0 Å². The molecule has 0 unspecified atom stereocenters. The molecule has 0 atom stereocenters. The normalized spacial score (nSPS) is 14.9. The highest BCUT2D eigenvalue weighted by Gasteiger charge is 2.24. The summed E-state index contributed by atoms with van der Waals surface area (Å²) >= 11 is 0. The van der Waals surface area contributed by atoms with Crippen LogP contribution in [0.1, 0.15) is 23.3 Å². The molecule has 0 aromatic carbocycles. The summed E-state index contributed by atoms with van der Waals surface area (Å²) in [6.45, 7) is 0. The Morgan fingerprint density at radius 3 is 3.00 bits per heavy atom. The van der Waals surface area contributed by atoms with Gasteiger partial charge in [0.15, 0.2) is 0 Å². The molecule has 0 spiro atoms. The van der Waals surface area contributed by atoms with E-state index in [2.05, 4.69) is 15.7 Å². The number of nitrogens with zero attached hydrogens (tertiary/aromatic N) is 1. The van der Waals surface area contributed by atoms with E-state index in [1.165, 1.54) is 0 Å². The fourth-order valence-corrected chi connectivity index (χ4v) is 1.13. The van der Waals surface area contributed by atoms with Crippen LogP contribution in [0.15, 0.2) is 18.3 Å². The van der Waals surface area contributed by atoms with Gasteiger partial charge < -0.3 is 10.7 Å². The Hall–Kier alpha value is -1.62. The van der Waals surface area contributed by atoms with Crippen LogP contribution in [0.4, 0.5) is 5.69 Å². The maximum absolute atomic E-state index is 11.5. The number of hydrogen-bond acceptors (Lipinski definition) is 4. The van der Waals surface area contributed by atoms with Gasteiger partial charge in [-0.2, -0.15) is 0 Å². The third-order valence-electron chi connectivity index (χ3n) is 2.07. The van der Waals surface area contributed by atoms with Gasteiger partial charge >= 0.3 is 0 Å². The van der Waals surface area contributed by atoms with E-state index in [9.17, 15) is 4.79 Å². The molecular formula is C9H12N4O. The van der Waals surface area contributed by atoms with Gasteiger partial charge in [-0.25, -0.2) is 0 Å². The summed E-state index contributed by atoms with van der Waals surface area (Å²) in [5.41, 5.74) is 3.55. The second-order valence-electron chi connectivity index (χ2n) is 3.32. The van der Waals surface area contributed by atoms with Gasteiger partial charge in [0.25, 0.3) is 5.91 Å². The molecule has 1 aromatic rings. The number of hydrazine groups is 1. The first kappa shape index (κ1) is 8.96. The number of pyridine rings is 1. The molecule has 1 heterocycles. The lowest BCUT2D eigenvalue weighted by Gasteiger charge is -2.04. The topological polar surface area (TPSA) is 80.0 Å². The summed E-state index contributed by atoms with van der Waals surface area (Å²) in [6.07, 6.45) is 3.69. The summed E-state index contributed by atoms with van der Waals surface area (Å²) in [5, 5.41) is 2.85. The number of hydrogen-bond donors (Lipinski definition) is 3. The highest BCUT2D eigenvalue weighted by Crippen LogP contribution is 2.19. The van der Waals surface area contributed by atoms with Crippen LogP contribution >= 0.6 is 0 Å². The Morgan fingerprint density at radius 1 is 1.57 bits per heavy atom. The highest BCUT2D eigenvalue weighted by molar-refractivity contribution is 5.93. The number of anilines is 1. The van der Waals surface area contributed by atoms with Crippen LogP contribution in [0.25, 0.3) is 0 Å². The molecule has 5 heteroatoms. The number of carbonyl (C=O) groups is 1. The van der Waals surface area contributed by atoms with Crippen LogP contribution in [-0.2, 0) is 0 Å². The van der Waals surface area contributed by atoms with Crippen molar-refractivity contribution in [3.8, 4) is 0 Å². The molecule has 14 heavy (non-hydrogen) atoms. The molecule has 1 saturated carbocycles. The van der Waals surface area contributed by atoms with Crippen LogP contribution in [0, 0.1) is 0 Å². The number of amides is 1. The lowest BCUT2D eigenvalue weighted by atomic mass is 10.3. The molecule has 1 aliphatic carbocycles. The van der Waals surface area contributed by atoms with E-state index in [1.807, 2.05) is 0 Å². The molecule has 1 amide bonds. The van der Waals surface area contributed by atoms with Crippen molar-refractivity contribution in [2.75, 3.05) is 5.43 Å². The largest absolute Gasteiger partial charge is 0.348 e. The molecule has 1 aliphatic rings. The Bertz CT molecular complexity index is 348. The summed E-state index contributed by atoms with van der Waals surface area (Å²) in [7, 11) is 0. The number of nitrogen functional groups attached to an aromatic ring is 1. The van der Waals surface area contributed by atoms with Gasteiger partial charge in [-0.1, -0.05) is 0 Å². The van der Waals surface area contributed by atoms with Crippen LogP contribution in [-0.4, -0.2) is 16.9 Å². The quantitative estimate of drug-likeness (QED) is 0.474. The monoisotopic (exact) mass is 192 g/mol. The lowest BCUT2D eigenvalue weighted by Crippen LogP contribution is -2.26. The second kappa shape index (κ2) is 3.63. The first-order chi connectivity index (χ1) is 6.79. The van der Waals surface area contributed by atoms with Crippen molar-refractivity contribution in [2.45, 2.75) is 18.9 Å². The average molecular weight is 192 g/mol. The van der Waals surface area contributed by atoms with Gasteiger partial charge in [-0.3, -0.25) is 15.6 Å². The number of carbonyl (C=O) groups excluding carboxylic acids is 1. The van der Waals surface area contributed by atoms with Gasteiger partial charge in [0.1, 0.15) is 5.69 Å². The Morgan fingerprint density at radius 2 is 2.36 bits per heavy atom. The minimum atomic E-state index is -0.135. The van der Waals surface area contributed by atoms with E-state index in [0.717, 1.165) is 12.8 Å². The van der Waals surface area contributed by atoms with Gasteiger partial charge in [0, 0.05) is 12.2 Å². The predicted octanol–water partition coefficient (Wildman–Crippen LogP) is 0.259. The van der Waals surface area contributed by atoms with Gasteiger partial charge in [-0.15, -0.1) is 0 Å². The minimum absolute atomic E-state index is 0.135. The standard InChI is InChI=1S/C9H12N4O/c10-13-7-3-4-11-8(5-7)9(14)12-6-1-2-6/h3-6H,1-2,10H2,(H,11,13)(H,12,14). The van der Waals surface area contributed by atoms with Crippen molar-refractivity contribution in [3.63, 3.8) is 0 Å². The number of nitrogens with two attached hydrogens (primary N) is 1. The Kier molecular flexibility index (Phi) is 2.32. The molecule has 0 aliphatic heterocycles. The molecule has 5 nitrogen and oxygen atoms in total. The van der Waals surface area contributed by atoms with E-state index in [4.69, 9.17) is 5.84 Å². The molecule has 74 valence electrons. The van der Waals surface area contributed by atoms with Crippen LogP contribution in [0.2, 0.25) is 0 Å². The van der Waals surface area contributed by atoms with Crippen molar-refractivity contribution >= 4 is 11.6 Å². The SMILES string of the molecule is NNc1ccnc(C(=O)NC2CC2)c1. The summed E-state index contributed by atoms with van der Waals surface area (Å²) < 4.78 is 0. The molecular weight excluding hydrogens is 180 g/mol. The Labute approximate surface area is 81.7 Å². The van der Waals surface area contributed by atoms with Crippen molar-refractivity contribution in [1.29, 1.82) is 0 Å². The third kappa shape index (κ3) is 2.00. The maximum atomic E-state index is 11.5. The second-order valence-corrected chi connectivity index (χ2v) is 3.32. The van der Waals surface area contributed by atoms with E-state index in [-0.39, 0.29) is 5.91 Å². The molecule has 0 saturated heterocycles. The average Bonchev–Trinajstić information content (AvgIpc) is 3.02. The van der Waals surface area contributed by atoms with E-state index >= 15 is 0 Å². The first-order valence-electron chi connectivity index (χ1n) is 4.53. The summed E-state index contributed by atoms with van der Waals surface area (Å²) in [4.78, 5) is 15.5. The summed E-state index contributed by atoms with van der Waals surface area (Å²) in [5.74, 6) is 5.09. The first-order valence-corrected chi connectivity index (χ1v) is 4.53. The lowest BCUT2D eigenvalue weighted by molar-refractivity contribution is 0.0946. The van der Waals surface area contributed by atoms with Gasteiger partial charge in [0.2, 0.25) is 0 Å². The van der Waals surface area contributed by atoms with Crippen LogP contribution in [0.5, 0.6) is 0 Å². The fraction of sp³-hybridized carbons (Fsp3) is 0.333. The van der Waals surface area contributed by atoms with Crippen LogP contribution in [0.3, 0.4) is 0 Å². The molecule has 4 N–H and O–H groups in total. The van der Waals surface area contributed by atoms with Gasteiger partial charge in [0.05, 0.1) is 5.69 Å². The predicted molar refractivity (Wildman–Crippen MR) is 52.5 cm³/mol. The van der Waals surface area contributed by atoms with Gasteiger partial charge in [-0.05, 0) is 25.0 Å². The Balaban J connectivity index is 2.09. The van der Waals surface area contributed by atoms with E-state index in [0.29, 0.717) is 17.4 Å². The molecule has 1 aromatic heterocycles. The zero-order valence-corrected chi connectivity index (χ0v) is 7.66. The minimum Gasteiger partial charge on any atom is -0.348 e. The maximum Gasteiger partial charge on any atom is 0.270 e. The van der Waals surface area contributed by atoms with Crippen molar-refractivity contribution < 1.29 is 4.79 Å². The smallest absolute Gasteiger partial charge is 0.270 e. The molecule has 2 rings (SSSR count). The molecule has 0 radical (unpaired) electrons. The highest BCUT2D eigenvalue weighted by atomic mass is 16.2. The van der Waals surface area contributed by atoms with Crippen molar-refractivity contribution in [1.82, 2.24) is 10.3 Å². The molecule has 1 fully saturated rings. The number of rotatable bonds is 3. The van der Waals surface area contributed by atoms with E-state index in [1.54, 1.807) is 18.3 Å². The zero-order chi connectivity index (χ0) is 9.97. The molecule has 0 bridgehead atoms. The fourth-order valence-electron chi connectivity index (χ4n) is 1.13. The van der Waals surface area contributed by atoms with Crippen molar-refractivity contribution in [3.05, 3.63) is 24.0 Å². The summed E-state index contributed by atoms with van der Waals surface area (Å²) in [6, 6.07) is 3.67. The third-order valence-corrected chi connectivity index (χ3v) is 2.07. The van der Waals surface area contributed by atoms with Crippen LogP contribution < -0.4 is 16.6 Å².